The summed E-state index contributed by atoms with van der Waals surface area (Å²) >= 11 is 0. The van der Waals surface area contributed by atoms with Gasteiger partial charge in [0.15, 0.2) is 5.96 Å². The quantitative estimate of drug-likeness (QED) is 0.442. The second-order valence-corrected chi connectivity index (χ2v) is 6.82. The molecule has 0 spiro atoms. The Labute approximate surface area is 144 Å². The number of rotatable bonds is 7. The van der Waals surface area contributed by atoms with Crippen molar-refractivity contribution in [3.8, 4) is 0 Å². The Morgan fingerprint density at radius 2 is 2.29 bits per heavy atom. The van der Waals surface area contributed by atoms with Crippen molar-refractivity contribution in [1.29, 1.82) is 0 Å². The number of hydrogen-bond donors (Lipinski definition) is 2. The molecular weight excluding hydrogens is 304 g/mol. The molecule has 3 rings (SSSR count). The monoisotopic (exact) mass is 334 g/mol. The molecule has 0 radical (unpaired) electrons. The summed E-state index contributed by atoms with van der Waals surface area (Å²) in [7, 11) is 3.78. The van der Waals surface area contributed by atoms with Gasteiger partial charge in [0.25, 0.3) is 0 Å². The average Bonchev–Trinajstić information content (AvgIpc) is 3.32. The predicted octanol–water partition coefficient (Wildman–Crippen LogP) is 0.981. The Kier molecular flexibility index (Phi) is 5.96. The van der Waals surface area contributed by atoms with Gasteiger partial charge >= 0.3 is 0 Å². The summed E-state index contributed by atoms with van der Waals surface area (Å²) in [5.41, 5.74) is 1.19. The van der Waals surface area contributed by atoms with Crippen LogP contribution in [0.3, 0.4) is 0 Å². The lowest BCUT2D eigenvalue weighted by atomic mass is 10.1. The molecule has 1 saturated carbocycles. The van der Waals surface area contributed by atoms with Crippen LogP contribution in [-0.2, 0) is 11.8 Å². The summed E-state index contributed by atoms with van der Waals surface area (Å²) in [5.74, 6) is 1.69. The Balaban J connectivity index is 1.39. The van der Waals surface area contributed by atoms with E-state index in [0.717, 1.165) is 51.1 Å². The first-order valence-corrected chi connectivity index (χ1v) is 9.03. The third kappa shape index (κ3) is 5.12. The van der Waals surface area contributed by atoms with E-state index in [2.05, 4.69) is 31.8 Å². The van der Waals surface area contributed by atoms with Crippen molar-refractivity contribution in [3.63, 3.8) is 0 Å². The molecule has 2 heterocycles. The molecule has 24 heavy (non-hydrogen) atoms. The summed E-state index contributed by atoms with van der Waals surface area (Å²) < 4.78 is 7.51. The Morgan fingerprint density at radius 3 is 3.00 bits per heavy atom. The molecule has 7 heteroatoms. The minimum atomic E-state index is 0.400. The van der Waals surface area contributed by atoms with Crippen LogP contribution >= 0.6 is 0 Å². The molecule has 0 bridgehead atoms. The van der Waals surface area contributed by atoms with Crippen molar-refractivity contribution in [2.45, 2.75) is 31.7 Å². The highest BCUT2D eigenvalue weighted by atomic mass is 16.5. The highest BCUT2D eigenvalue weighted by Gasteiger charge is 2.22. The second kappa shape index (κ2) is 8.37. The van der Waals surface area contributed by atoms with Gasteiger partial charge in [0.05, 0.1) is 18.5 Å². The lowest BCUT2D eigenvalue weighted by Gasteiger charge is -2.34. The SMILES string of the molecule is CN=C(NCCOCC1CC1)NC1CCCN(c2cnn(C)c2)C1. The van der Waals surface area contributed by atoms with Gasteiger partial charge in [0.1, 0.15) is 0 Å². The Bertz CT molecular complexity index is 539. The zero-order valence-electron chi connectivity index (χ0n) is 14.9. The van der Waals surface area contributed by atoms with E-state index >= 15 is 0 Å². The summed E-state index contributed by atoms with van der Waals surface area (Å²) in [6.45, 7) is 4.51. The molecule has 1 atom stereocenters. The van der Waals surface area contributed by atoms with E-state index in [-0.39, 0.29) is 0 Å². The first kappa shape index (κ1) is 17.1. The molecule has 7 nitrogen and oxygen atoms in total. The van der Waals surface area contributed by atoms with Crippen LogP contribution in [0.4, 0.5) is 5.69 Å². The van der Waals surface area contributed by atoms with Crippen LogP contribution in [0.15, 0.2) is 17.4 Å². The fourth-order valence-electron chi connectivity index (χ4n) is 3.07. The second-order valence-electron chi connectivity index (χ2n) is 6.82. The molecule has 1 saturated heterocycles. The number of anilines is 1. The van der Waals surface area contributed by atoms with Gasteiger partial charge in [-0.05, 0) is 31.6 Å². The van der Waals surface area contributed by atoms with Crippen molar-refractivity contribution in [1.82, 2.24) is 20.4 Å². The number of aliphatic imine (C=N–C) groups is 1. The van der Waals surface area contributed by atoms with Crippen LogP contribution in [-0.4, -0.2) is 61.7 Å². The molecular formula is C17H30N6O. The predicted molar refractivity (Wildman–Crippen MR) is 96.5 cm³/mol. The number of aromatic nitrogens is 2. The van der Waals surface area contributed by atoms with Gasteiger partial charge in [-0.3, -0.25) is 9.67 Å². The molecule has 1 aliphatic heterocycles. The fourth-order valence-corrected chi connectivity index (χ4v) is 3.07. The van der Waals surface area contributed by atoms with E-state index in [1.165, 1.54) is 24.9 Å². The van der Waals surface area contributed by atoms with E-state index < -0.39 is 0 Å². The Morgan fingerprint density at radius 1 is 1.42 bits per heavy atom. The third-order valence-electron chi connectivity index (χ3n) is 4.63. The highest BCUT2D eigenvalue weighted by Crippen LogP contribution is 2.28. The normalized spacial score (nSPS) is 21.8. The fraction of sp³-hybridized carbons (Fsp3) is 0.765. The number of nitrogens with zero attached hydrogens (tertiary/aromatic N) is 4. The molecule has 2 fully saturated rings. The largest absolute Gasteiger partial charge is 0.379 e. The van der Waals surface area contributed by atoms with Crippen molar-refractivity contribution < 1.29 is 4.74 Å². The van der Waals surface area contributed by atoms with Crippen LogP contribution in [0.5, 0.6) is 0 Å². The van der Waals surface area contributed by atoms with Crippen LogP contribution in [0.2, 0.25) is 0 Å². The molecule has 134 valence electrons. The molecule has 0 amide bonds. The molecule has 0 aromatic carbocycles. The highest BCUT2D eigenvalue weighted by molar-refractivity contribution is 5.80. The zero-order chi connectivity index (χ0) is 16.8. The number of nitrogens with one attached hydrogen (secondary N) is 2. The number of ether oxygens (including phenoxy) is 1. The van der Waals surface area contributed by atoms with Gasteiger partial charge in [-0.25, -0.2) is 0 Å². The minimum absolute atomic E-state index is 0.400. The molecule has 2 aliphatic rings. The molecule has 1 aromatic rings. The smallest absolute Gasteiger partial charge is 0.191 e. The van der Waals surface area contributed by atoms with Crippen molar-refractivity contribution in [3.05, 3.63) is 12.4 Å². The lowest BCUT2D eigenvalue weighted by molar-refractivity contribution is 0.129. The van der Waals surface area contributed by atoms with Crippen LogP contribution in [0, 0.1) is 5.92 Å². The van der Waals surface area contributed by atoms with E-state index in [0.29, 0.717) is 6.04 Å². The van der Waals surface area contributed by atoms with Gasteiger partial charge in [-0.2, -0.15) is 5.10 Å². The lowest BCUT2D eigenvalue weighted by Crippen LogP contribution is -2.51. The van der Waals surface area contributed by atoms with Gasteiger partial charge in [-0.1, -0.05) is 0 Å². The van der Waals surface area contributed by atoms with Crippen LogP contribution in [0.1, 0.15) is 25.7 Å². The summed E-state index contributed by atoms with van der Waals surface area (Å²) in [4.78, 5) is 6.72. The zero-order valence-corrected chi connectivity index (χ0v) is 14.9. The maximum absolute atomic E-state index is 5.66. The molecule has 1 aliphatic carbocycles. The summed E-state index contributed by atoms with van der Waals surface area (Å²) in [5, 5.41) is 11.2. The van der Waals surface area contributed by atoms with Crippen LogP contribution < -0.4 is 15.5 Å². The van der Waals surface area contributed by atoms with E-state index in [9.17, 15) is 0 Å². The van der Waals surface area contributed by atoms with Gasteiger partial charge in [0, 0.05) is 52.6 Å². The number of piperidine rings is 1. The topological polar surface area (TPSA) is 66.7 Å². The molecule has 1 unspecified atom stereocenters. The molecule has 1 aromatic heterocycles. The Hall–Kier alpha value is -1.76. The van der Waals surface area contributed by atoms with Crippen molar-refractivity contribution in [2.24, 2.45) is 18.0 Å². The van der Waals surface area contributed by atoms with Crippen LogP contribution in [0.25, 0.3) is 0 Å². The van der Waals surface area contributed by atoms with Gasteiger partial charge < -0.3 is 20.3 Å². The number of aryl methyl sites for hydroxylation is 1. The first-order valence-electron chi connectivity index (χ1n) is 9.03. The standard InChI is InChI=1S/C17H30N6O/c1-18-17(19-7-9-24-13-14-5-6-14)21-15-4-3-8-23(11-15)16-10-20-22(2)12-16/h10,12,14-15H,3-9,11,13H2,1-2H3,(H2,18,19,21). The average molecular weight is 334 g/mol. The van der Waals surface area contributed by atoms with Crippen molar-refractivity contribution in [2.75, 3.05) is 44.8 Å². The summed E-state index contributed by atoms with van der Waals surface area (Å²) in [6, 6.07) is 0.400. The van der Waals surface area contributed by atoms with Gasteiger partial charge in [-0.15, -0.1) is 0 Å². The number of guanidine groups is 1. The van der Waals surface area contributed by atoms with E-state index in [4.69, 9.17) is 4.74 Å². The maximum atomic E-state index is 5.66. The third-order valence-corrected chi connectivity index (χ3v) is 4.63. The van der Waals surface area contributed by atoms with Crippen molar-refractivity contribution >= 4 is 11.6 Å². The molecule has 2 N–H and O–H groups in total. The van der Waals surface area contributed by atoms with E-state index in [1.807, 2.05) is 25.0 Å². The van der Waals surface area contributed by atoms with E-state index in [1.54, 1.807) is 0 Å². The first-order chi connectivity index (χ1) is 11.7. The summed E-state index contributed by atoms with van der Waals surface area (Å²) in [6.07, 6.45) is 9.03. The number of hydrogen-bond acceptors (Lipinski definition) is 4. The minimum Gasteiger partial charge on any atom is -0.379 e. The van der Waals surface area contributed by atoms with Gasteiger partial charge in [0.2, 0.25) is 0 Å². The maximum Gasteiger partial charge on any atom is 0.191 e.